The number of amides is 1. The maximum absolute atomic E-state index is 12.0. The molecule has 5 nitrogen and oxygen atoms in total. The van der Waals surface area contributed by atoms with Crippen LogP contribution in [0.25, 0.3) is 0 Å². The lowest BCUT2D eigenvalue weighted by atomic mass is 10.1. The van der Waals surface area contributed by atoms with Gasteiger partial charge in [-0.2, -0.15) is 0 Å². The number of carbonyl (C=O) groups excluding carboxylic acids is 1. The van der Waals surface area contributed by atoms with Gasteiger partial charge in [-0.15, -0.1) is 0 Å². The summed E-state index contributed by atoms with van der Waals surface area (Å²) in [6, 6.07) is 5.38. The molecule has 118 valence electrons. The van der Waals surface area contributed by atoms with Gasteiger partial charge in [-0.3, -0.25) is 4.79 Å². The Kier molecular flexibility index (Phi) is 7.79. The zero-order valence-corrected chi connectivity index (χ0v) is 13.1. The van der Waals surface area contributed by atoms with Gasteiger partial charge in [-0.25, -0.2) is 0 Å². The number of hydrogen-bond donors (Lipinski definition) is 2. The summed E-state index contributed by atoms with van der Waals surface area (Å²) in [5, 5.41) is 2.84. The van der Waals surface area contributed by atoms with E-state index in [4.69, 9.17) is 15.2 Å². The Labute approximate surface area is 126 Å². The second-order valence-corrected chi connectivity index (χ2v) is 5.04. The first kappa shape index (κ1) is 17.5. The molecule has 3 N–H and O–H groups in total. The van der Waals surface area contributed by atoms with Crippen molar-refractivity contribution in [1.29, 1.82) is 0 Å². The van der Waals surface area contributed by atoms with Gasteiger partial charge in [-0.1, -0.05) is 13.3 Å². The van der Waals surface area contributed by atoms with Crippen LogP contribution in [0, 0.1) is 6.92 Å². The number of nitrogens with one attached hydrogen (secondary N) is 1. The Morgan fingerprint density at radius 1 is 1.33 bits per heavy atom. The minimum Gasteiger partial charge on any atom is -0.399 e. The molecule has 1 atom stereocenters. The highest BCUT2D eigenvalue weighted by molar-refractivity contribution is 5.94. The first-order valence-electron chi connectivity index (χ1n) is 7.41. The molecular weight excluding hydrogens is 268 g/mol. The first-order chi connectivity index (χ1) is 10.0. The predicted molar refractivity (Wildman–Crippen MR) is 85.4 cm³/mol. The molecule has 0 spiro atoms. The van der Waals surface area contributed by atoms with E-state index in [0.717, 1.165) is 30.7 Å². The first-order valence-corrected chi connectivity index (χ1v) is 7.41. The second-order valence-electron chi connectivity index (χ2n) is 5.04. The van der Waals surface area contributed by atoms with Crippen molar-refractivity contribution in [3.63, 3.8) is 0 Å². The number of anilines is 2. The van der Waals surface area contributed by atoms with Crippen molar-refractivity contribution in [2.75, 3.05) is 30.9 Å². The van der Waals surface area contributed by atoms with Gasteiger partial charge in [-0.05, 0) is 44.0 Å². The fraction of sp³-hybridized carbons (Fsp3) is 0.562. The Morgan fingerprint density at radius 2 is 2.10 bits per heavy atom. The van der Waals surface area contributed by atoms with E-state index in [2.05, 4.69) is 12.2 Å². The van der Waals surface area contributed by atoms with E-state index in [1.165, 1.54) is 0 Å². The lowest BCUT2D eigenvalue weighted by Gasteiger charge is -2.15. The molecule has 0 heterocycles. The number of benzene rings is 1. The van der Waals surface area contributed by atoms with Crippen LogP contribution in [-0.2, 0) is 14.3 Å². The van der Waals surface area contributed by atoms with Crippen LogP contribution in [-0.4, -0.2) is 31.8 Å². The van der Waals surface area contributed by atoms with Crippen molar-refractivity contribution in [2.24, 2.45) is 0 Å². The van der Waals surface area contributed by atoms with E-state index >= 15 is 0 Å². The van der Waals surface area contributed by atoms with Crippen LogP contribution in [0.1, 0.15) is 32.3 Å². The van der Waals surface area contributed by atoms with E-state index in [9.17, 15) is 4.79 Å². The standard InChI is InChI=1S/C16H26N2O3/c1-4-5-8-20-9-10-21-13(3)16(19)18-15-7-6-14(17)11-12(15)2/h6-7,11,13H,4-5,8-10,17H2,1-3H3,(H,18,19). The molecule has 0 bridgehead atoms. The summed E-state index contributed by atoms with van der Waals surface area (Å²) >= 11 is 0. The largest absolute Gasteiger partial charge is 0.399 e. The molecule has 1 aromatic rings. The fourth-order valence-corrected chi connectivity index (χ4v) is 1.77. The number of hydrogen-bond acceptors (Lipinski definition) is 4. The quantitative estimate of drug-likeness (QED) is 0.542. The van der Waals surface area contributed by atoms with E-state index in [1.54, 1.807) is 19.1 Å². The molecule has 0 saturated carbocycles. The number of carbonyl (C=O) groups is 1. The average molecular weight is 294 g/mol. The molecule has 0 radical (unpaired) electrons. The zero-order valence-electron chi connectivity index (χ0n) is 13.1. The van der Waals surface area contributed by atoms with Crippen LogP contribution in [0.5, 0.6) is 0 Å². The summed E-state index contributed by atoms with van der Waals surface area (Å²) in [5.74, 6) is -0.170. The Bertz CT molecular complexity index is 449. The molecule has 1 unspecified atom stereocenters. The van der Waals surface area contributed by atoms with Gasteiger partial charge in [0, 0.05) is 18.0 Å². The van der Waals surface area contributed by atoms with Crippen LogP contribution < -0.4 is 11.1 Å². The zero-order chi connectivity index (χ0) is 15.7. The third-order valence-electron chi connectivity index (χ3n) is 3.12. The number of unbranched alkanes of at least 4 members (excludes halogenated alkanes) is 1. The summed E-state index contributed by atoms with van der Waals surface area (Å²) in [6.07, 6.45) is 1.64. The van der Waals surface area contributed by atoms with Gasteiger partial charge in [0.2, 0.25) is 0 Å². The maximum atomic E-state index is 12.0. The number of aryl methyl sites for hydroxylation is 1. The van der Waals surface area contributed by atoms with Crippen LogP contribution in [0.4, 0.5) is 11.4 Å². The molecule has 0 saturated heterocycles. The Hall–Kier alpha value is -1.59. The van der Waals surface area contributed by atoms with Crippen LogP contribution in [0.2, 0.25) is 0 Å². The third-order valence-corrected chi connectivity index (χ3v) is 3.12. The van der Waals surface area contributed by atoms with Crippen molar-refractivity contribution in [1.82, 2.24) is 0 Å². The molecular formula is C16H26N2O3. The van der Waals surface area contributed by atoms with Crippen molar-refractivity contribution in [3.8, 4) is 0 Å². The number of nitrogen functional groups attached to an aromatic ring is 1. The van der Waals surface area contributed by atoms with Gasteiger partial charge < -0.3 is 20.5 Å². The molecule has 1 aromatic carbocycles. The SMILES string of the molecule is CCCCOCCOC(C)C(=O)Nc1ccc(N)cc1C. The molecule has 21 heavy (non-hydrogen) atoms. The van der Waals surface area contributed by atoms with Crippen molar-refractivity contribution >= 4 is 17.3 Å². The molecule has 0 aliphatic rings. The normalized spacial score (nSPS) is 12.1. The van der Waals surface area contributed by atoms with Crippen molar-refractivity contribution in [2.45, 2.75) is 39.7 Å². The summed E-state index contributed by atoms with van der Waals surface area (Å²) in [7, 11) is 0. The van der Waals surface area contributed by atoms with Crippen molar-refractivity contribution in [3.05, 3.63) is 23.8 Å². The van der Waals surface area contributed by atoms with Gasteiger partial charge >= 0.3 is 0 Å². The number of rotatable bonds is 9. The third kappa shape index (κ3) is 6.60. The lowest BCUT2D eigenvalue weighted by molar-refractivity contribution is -0.127. The number of nitrogens with two attached hydrogens (primary N) is 1. The molecule has 1 rings (SSSR count). The van der Waals surface area contributed by atoms with Gasteiger partial charge in [0.1, 0.15) is 6.10 Å². The highest BCUT2D eigenvalue weighted by Crippen LogP contribution is 2.17. The summed E-state index contributed by atoms with van der Waals surface area (Å²) in [4.78, 5) is 12.0. The Morgan fingerprint density at radius 3 is 2.76 bits per heavy atom. The Balaban J connectivity index is 2.30. The maximum Gasteiger partial charge on any atom is 0.253 e. The van der Waals surface area contributed by atoms with Crippen LogP contribution in [0.3, 0.4) is 0 Å². The number of ether oxygens (including phenoxy) is 2. The van der Waals surface area contributed by atoms with Gasteiger partial charge in [0.25, 0.3) is 5.91 Å². The van der Waals surface area contributed by atoms with Crippen molar-refractivity contribution < 1.29 is 14.3 Å². The second kappa shape index (κ2) is 9.37. The lowest BCUT2D eigenvalue weighted by Crippen LogP contribution is -2.29. The smallest absolute Gasteiger partial charge is 0.253 e. The highest BCUT2D eigenvalue weighted by atomic mass is 16.5. The van der Waals surface area contributed by atoms with Crippen LogP contribution in [0.15, 0.2) is 18.2 Å². The molecule has 0 aromatic heterocycles. The monoisotopic (exact) mass is 294 g/mol. The summed E-state index contributed by atoms with van der Waals surface area (Å²) in [5.41, 5.74) is 8.04. The minimum absolute atomic E-state index is 0.170. The topological polar surface area (TPSA) is 73.6 Å². The molecule has 0 aliphatic carbocycles. The summed E-state index contributed by atoms with van der Waals surface area (Å²) in [6.45, 7) is 7.42. The minimum atomic E-state index is -0.517. The molecule has 0 aliphatic heterocycles. The highest BCUT2D eigenvalue weighted by Gasteiger charge is 2.14. The van der Waals surface area contributed by atoms with E-state index in [1.807, 2.05) is 13.0 Å². The molecule has 1 amide bonds. The van der Waals surface area contributed by atoms with Gasteiger partial charge in [0.15, 0.2) is 0 Å². The summed E-state index contributed by atoms with van der Waals surface area (Å²) < 4.78 is 10.8. The van der Waals surface area contributed by atoms with E-state index < -0.39 is 6.10 Å². The molecule has 5 heteroatoms. The van der Waals surface area contributed by atoms with Crippen LogP contribution >= 0.6 is 0 Å². The predicted octanol–water partition coefficient (Wildman–Crippen LogP) is 2.74. The van der Waals surface area contributed by atoms with E-state index in [-0.39, 0.29) is 5.91 Å². The van der Waals surface area contributed by atoms with Gasteiger partial charge in [0.05, 0.1) is 13.2 Å². The fourth-order valence-electron chi connectivity index (χ4n) is 1.77. The average Bonchev–Trinajstić information content (AvgIpc) is 2.45. The van der Waals surface area contributed by atoms with E-state index in [0.29, 0.717) is 18.9 Å². The molecule has 0 fully saturated rings.